The van der Waals surface area contributed by atoms with Gasteiger partial charge in [-0.2, -0.15) is 0 Å². The van der Waals surface area contributed by atoms with Gasteiger partial charge in [0.15, 0.2) is 17.5 Å². The number of halogens is 3. The molecule has 1 aromatic heterocycles. The van der Waals surface area contributed by atoms with Gasteiger partial charge in [-0.05, 0) is 24.3 Å². The summed E-state index contributed by atoms with van der Waals surface area (Å²) >= 11 is 0. The van der Waals surface area contributed by atoms with Crippen molar-refractivity contribution < 1.29 is 18.0 Å². The molecule has 0 aliphatic carbocycles. The summed E-state index contributed by atoms with van der Waals surface area (Å²) in [6.07, 6.45) is 1.45. The Morgan fingerprint density at radius 3 is 2.47 bits per heavy atom. The Morgan fingerprint density at radius 1 is 1.00 bits per heavy atom. The first-order valence-electron chi connectivity index (χ1n) is 5.20. The molecule has 1 heterocycles. The molecule has 0 spiro atoms. The zero-order valence-electron chi connectivity index (χ0n) is 9.45. The van der Waals surface area contributed by atoms with E-state index in [1.54, 1.807) is 12.1 Å². The van der Waals surface area contributed by atoms with Gasteiger partial charge in [0, 0.05) is 6.20 Å². The van der Waals surface area contributed by atoms with Gasteiger partial charge in [-0.15, -0.1) is 0 Å². The van der Waals surface area contributed by atoms with Crippen LogP contribution in [-0.2, 0) is 0 Å². The summed E-state index contributed by atoms with van der Waals surface area (Å²) in [5.74, 6) is -4.19. The van der Waals surface area contributed by atoms with Gasteiger partial charge < -0.3 is 5.32 Å². The fraction of sp³-hybridized carbons (Fsp3) is 0. The maximum Gasteiger partial charge on any atom is 0.324 e. The molecule has 0 aliphatic rings. The largest absolute Gasteiger partial charge is 0.324 e. The monoisotopic (exact) mass is 267 g/mol. The standard InChI is InChI=1S/C12H8F3N3O/c13-7-4-5-8(11(15)10(7)14)17-12(19)18-9-3-1-2-6-16-9/h1-6H,(H2,16,17,18,19). The molecule has 0 fully saturated rings. The van der Waals surface area contributed by atoms with E-state index in [4.69, 9.17) is 0 Å². The number of benzene rings is 1. The molecule has 0 unspecified atom stereocenters. The number of aromatic nitrogens is 1. The third-order valence-corrected chi connectivity index (χ3v) is 2.19. The minimum absolute atomic E-state index is 0.239. The number of amides is 2. The molecule has 1 aromatic carbocycles. The Kier molecular flexibility index (Phi) is 3.65. The molecule has 4 nitrogen and oxygen atoms in total. The van der Waals surface area contributed by atoms with Crippen LogP contribution in [0, 0.1) is 17.5 Å². The fourth-order valence-corrected chi connectivity index (χ4v) is 1.33. The Morgan fingerprint density at radius 2 is 1.79 bits per heavy atom. The van der Waals surface area contributed by atoms with E-state index in [1.807, 2.05) is 0 Å². The predicted octanol–water partition coefficient (Wildman–Crippen LogP) is 3.14. The highest BCUT2D eigenvalue weighted by Gasteiger charge is 2.15. The van der Waals surface area contributed by atoms with Gasteiger partial charge in [-0.25, -0.2) is 22.9 Å². The summed E-state index contributed by atoms with van der Waals surface area (Å²) in [5, 5.41) is 4.36. The van der Waals surface area contributed by atoms with E-state index in [0.29, 0.717) is 0 Å². The van der Waals surface area contributed by atoms with Crippen LogP contribution < -0.4 is 10.6 Å². The molecule has 0 aliphatic heterocycles. The number of hydrogen-bond acceptors (Lipinski definition) is 2. The summed E-state index contributed by atoms with van der Waals surface area (Å²) in [6, 6.07) is 5.63. The first kappa shape index (κ1) is 12.9. The molecule has 0 atom stereocenters. The number of pyridine rings is 1. The SMILES string of the molecule is O=C(Nc1ccccn1)Nc1ccc(F)c(F)c1F. The molecule has 19 heavy (non-hydrogen) atoms. The zero-order chi connectivity index (χ0) is 13.8. The minimum atomic E-state index is -1.64. The molecule has 0 saturated carbocycles. The van der Waals surface area contributed by atoms with E-state index < -0.39 is 29.2 Å². The summed E-state index contributed by atoms with van der Waals surface area (Å²) in [5.41, 5.74) is -0.465. The van der Waals surface area contributed by atoms with Crippen LogP contribution in [-0.4, -0.2) is 11.0 Å². The van der Waals surface area contributed by atoms with E-state index in [0.717, 1.165) is 12.1 Å². The van der Waals surface area contributed by atoms with E-state index in [2.05, 4.69) is 15.6 Å². The van der Waals surface area contributed by atoms with E-state index >= 15 is 0 Å². The molecule has 2 amide bonds. The van der Waals surface area contributed by atoms with Crippen LogP contribution in [0.25, 0.3) is 0 Å². The van der Waals surface area contributed by atoms with Gasteiger partial charge in [-0.3, -0.25) is 5.32 Å². The molecule has 98 valence electrons. The number of nitrogens with zero attached hydrogens (tertiary/aromatic N) is 1. The zero-order valence-corrected chi connectivity index (χ0v) is 9.45. The van der Waals surface area contributed by atoms with Gasteiger partial charge in [0.1, 0.15) is 5.82 Å². The van der Waals surface area contributed by atoms with Crippen molar-refractivity contribution in [1.29, 1.82) is 0 Å². The first-order chi connectivity index (χ1) is 9.08. The highest BCUT2D eigenvalue weighted by Crippen LogP contribution is 2.19. The van der Waals surface area contributed by atoms with Crippen molar-refractivity contribution in [3.8, 4) is 0 Å². The summed E-state index contributed by atoms with van der Waals surface area (Å²) in [4.78, 5) is 15.3. The van der Waals surface area contributed by atoms with Crippen molar-refractivity contribution in [3.05, 3.63) is 54.0 Å². The van der Waals surface area contributed by atoms with Crippen LogP contribution in [0.15, 0.2) is 36.5 Å². The highest BCUT2D eigenvalue weighted by atomic mass is 19.2. The summed E-state index contributed by atoms with van der Waals surface area (Å²) in [7, 11) is 0. The number of rotatable bonds is 2. The van der Waals surface area contributed by atoms with Crippen molar-refractivity contribution in [1.82, 2.24) is 4.98 Å². The quantitative estimate of drug-likeness (QED) is 0.821. The van der Waals surface area contributed by atoms with Crippen LogP contribution in [0.5, 0.6) is 0 Å². The van der Waals surface area contributed by atoms with Crippen LogP contribution in [0.1, 0.15) is 0 Å². The minimum Gasteiger partial charge on any atom is -0.305 e. The third kappa shape index (κ3) is 3.01. The lowest BCUT2D eigenvalue weighted by Gasteiger charge is -2.08. The molecular weight excluding hydrogens is 259 g/mol. The van der Waals surface area contributed by atoms with Crippen LogP contribution in [0.2, 0.25) is 0 Å². The Balaban J connectivity index is 2.10. The van der Waals surface area contributed by atoms with Crippen molar-refractivity contribution in [3.63, 3.8) is 0 Å². The Hall–Kier alpha value is -2.57. The van der Waals surface area contributed by atoms with Crippen molar-refractivity contribution >= 4 is 17.5 Å². The van der Waals surface area contributed by atoms with E-state index in [-0.39, 0.29) is 5.82 Å². The second-order valence-electron chi connectivity index (χ2n) is 3.52. The van der Waals surface area contributed by atoms with Gasteiger partial charge in [0.2, 0.25) is 0 Å². The first-order valence-corrected chi connectivity index (χ1v) is 5.20. The molecule has 0 saturated heterocycles. The Bertz CT molecular complexity index is 605. The number of nitrogens with one attached hydrogen (secondary N) is 2. The van der Waals surface area contributed by atoms with Crippen LogP contribution in [0.3, 0.4) is 0 Å². The molecular formula is C12H8F3N3O. The van der Waals surface area contributed by atoms with Crippen LogP contribution in [0.4, 0.5) is 29.5 Å². The van der Waals surface area contributed by atoms with Gasteiger partial charge in [0.25, 0.3) is 0 Å². The summed E-state index contributed by atoms with van der Waals surface area (Å²) in [6.45, 7) is 0. The summed E-state index contributed by atoms with van der Waals surface area (Å²) < 4.78 is 38.9. The lowest BCUT2D eigenvalue weighted by Crippen LogP contribution is -2.21. The average Bonchev–Trinajstić information content (AvgIpc) is 2.41. The van der Waals surface area contributed by atoms with Crippen LogP contribution >= 0.6 is 0 Å². The number of carbonyl (C=O) groups is 1. The van der Waals surface area contributed by atoms with Crippen molar-refractivity contribution in [2.24, 2.45) is 0 Å². The molecule has 2 aromatic rings. The fourth-order valence-electron chi connectivity index (χ4n) is 1.33. The van der Waals surface area contributed by atoms with E-state index in [9.17, 15) is 18.0 Å². The van der Waals surface area contributed by atoms with Crippen molar-refractivity contribution in [2.75, 3.05) is 10.6 Å². The topological polar surface area (TPSA) is 54.0 Å². The normalized spacial score (nSPS) is 10.1. The molecule has 2 rings (SSSR count). The smallest absolute Gasteiger partial charge is 0.305 e. The predicted molar refractivity (Wildman–Crippen MR) is 63.2 cm³/mol. The second-order valence-corrected chi connectivity index (χ2v) is 3.52. The van der Waals surface area contributed by atoms with Gasteiger partial charge in [0.05, 0.1) is 5.69 Å². The number of hydrogen-bond donors (Lipinski definition) is 2. The highest BCUT2D eigenvalue weighted by molar-refractivity contribution is 5.99. The second kappa shape index (κ2) is 5.38. The number of anilines is 2. The average molecular weight is 267 g/mol. The lowest BCUT2D eigenvalue weighted by molar-refractivity contribution is 0.262. The lowest BCUT2D eigenvalue weighted by atomic mass is 10.3. The number of urea groups is 1. The third-order valence-electron chi connectivity index (χ3n) is 2.19. The molecule has 7 heteroatoms. The maximum absolute atomic E-state index is 13.3. The molecule has 2 N–H and O–H groups in total. The number of carbonyl (C=O) groups excluding carboxylic acids is 1. The van der Waals surface area contributed by atoms with E-state index in [1.165, 1.54) is 12.3 Å². The van der Waals surface area contributed by atoms with Gasteiger partial charge >= 0.3 is 6.03 Å². The van der Waals surface area contributed by atoms with Gasteiger partial charge in [-0.1, -0.05) is 6.07 Å². The molecule has 0 bridgehead atoms. The van der Waals surface area contributed by atoms with Crippen molar-refractivity contribution in [2.45, 2.75) is 0 Å². The molecule has 0 radical (unpaired) electrons. The Labute approximate surface area is 106 Å². The maximum atomic E-state index is 13.3.